The molecule has 0 amide bonds. The molecule has 13 aromatic rings. The van der Waals surface area contributed by atoms with Crippen LogP contribution in [-0.4, -0.2) is 8.80 Å². The number of aromatic nitrogens is 2. The van der Waals surface area contributed by atoms with E-state index in [0.717, 1.165) is 22.7 Å². The Kier molecular flexibility index (Phi) is 9.85. The summed E-state index contributed by atoms with van der Waals surface area (Å²) >= 11 is 0. The van der Waals surface area contributed by atoms with Crippen molar-refractivity contribution in [3.63, 3.8) is 0 Å². The van der Waals surface area contributed by atoms with Crippen LogP contribution in [0.2, 0.25) is 0 Å². The average molecular weight is 963 g/mol. The molecular weight excluding hydrogens is 897 g/mol. The number of fused-ring (bicyclic) bond motifs is 12. The van der Waals surface area contributed by atoms with E-state index in [1.807, 2.05) is 0 Å². The van der Waals surface area contributed by atoms with Crippen LogP contribution < -0.4 is 9.80 Å². The Balaban J connectivity index is 1.14. The van der Waals surface area contributed by atoms with Gasteiger partial charge in [0.1, 0.15) is 0 Å². The van der Waals surface area contributed by atoms with Crippen LogP contribution in [0, 0.1) is 0 Å². The molecule has 74 heavy (non-hydrogen) atoms. The van der Waals surface area contributed by atoms with Gasteiger partial charge in [0.2, 0.25) is 0 Å². The zero-order valence-corrected chi connectivity index (χ0v) is 45.1. The molecule has 0 fully saturated rings. The van der Waals surface area contributed by atoms with Crippen LogP contribution >= 0.6 is 0 Å². The third-order valence-electron chi connectivity index (χ3n) is 16.1. The number of hydrogen-bond donors (Lipinski definition) is 0. The molecule has 0 aliphatic rings. The quantitative estimate of drug-likeness (QED) is 0.165. The summed E-state index contributed by atoms with van der Waals surface area (Å²) in [6.07, 6.45) is 0. The Labute approximate surface area is 435 Å². The van der Waals surface area contributed by atoms with Gasteiger partial charge in [0, 0.05) is 65.8 Å². The molecule has 366 valence electrons. The van der Waals surface area contributed by atoms with Gasteiger partial charge in [-0.3, -0.25) is 0 Å². The molecule has 9 aromatic carbocycles. The number of nitrogens with zero attached hydrogens (tertiary/aromatic N) is 4. The number of benzene rings is 9. The SMILES string of the molecule is CC(C)(C)c1cccc(N(c2ccccc2)c2ccc3c4cc5c(cc4n4c6ccc(C(C)(C)C)cc6c2c34)c2ccc(N(c3ccccc3)c3cccc(C(C)(C)C)c3)c3c4cc(C(C)(C)C)ccc4n5c23)c1. The van der Waals surface area contributed by atoms with E-state index in [1.165, 1.54) is 110 Å². The van der Waals surface area contributed by atoms with Gasteiger partial charge in [-0.25, -0.2) is 0 Å². The van der Waals surface area contributed by atoms with Crippen molar-refractivity contribution >= 4 is 110 Å². The van der Waals surface area contributed by atoms with Crippen molar-refractivity contribution in [3.05, 3.63) is 204 Å². The summed E-state index contributed by atoms with van der Waals surface area (Å²) in [6.45, 7) is 27.8. The van der Waals surface area contributed by atoms with E-state index in [-0.39, 0.29) is 21.7 Å². The third kappa shape index (κ3) is 6.94. The van der Waals surface area contributed by atoms with Gasteiger partial charge < -0.3 is 18.6 Å². The van der Waals surface area contributed by atoms with Crippen molar-refractivity contribution in [2.75, 3.05) is 9.80 Å². The first-order chi connectivity index (χ1) is 35.3. The molecule has 0 spiro atoms. The van der Waals surface area contributed by atoms with Crippen LogP contribution in [0.4, 0.5) is 34.1 Å². The Morgan fingerprint density at radius 3 is 0.986 bits per heavy atom. The van der Waals surface area contributed by atoms with Gasteiger partial charge in [-0.15, -0.1) is 0 Å². The predicted molar refractivity (Wildman–Crippen MR) is 320 cm³/mol. The van der Waals surface area contributed by atoms with Gasteiger partial charge in [0.05, 0.1) is 44.5 Å². The number of rotatable bonds is 6. The summed E-state index contributed by atoms with van der Waals surface area (Å²) < 4.78 is 5.18. The van der Waals surface area contributed by atoms with Crippen LogP contribution in [0.25, 0.3) is 76.2 Å². The average Bonchev–Trinajstić information content (AvgIpc) is 4.09. The smallest absolute Gasteiger partial charge is 0.0641 e. The summed E-state index contributed by atoms with van der Waals surface area (Å²) in [5.74, 6) is 0. The molecule has 0 bridgehead atoms. The highest BCUT2D eigenvalue weighted by atomic mass is 15.2. The Morgan fingerprint density at radius 1 is 0.270 bits per heavy atom. The van der Waals surface area contributed by atoms with E-state index < -0.39 is 0 Å². The highest BCUT2D eigenvalue weighted by Crippen LogP contribution is 2.52. The minimum atomic E-state index is -0.0314. The predicted octanol–water partition coefficient (Wildman–Crippen LogP) is 20.1. The molecule has 0 saturated carbocycles. The summed E-state index contributed by atoms with van der Waals surface area (Å²) in [7, 11) is 0. The van der Waals surface area contributed by atoms with Crippen LogP contribution in [0.1, 0.15) is 105 Å². The molecule has 4 nitrogen and oxygen atoms in total. The fraction of sp³-hybridized carbons (Fsp3) is 0.229. The Morgan fingerprint density at radius 2 is 0.622 bits per heavy atom. The molecular formula is C70H66N4. The zero-order valence-electron chi connectivity index (χ0n) is 45.1. The van der Waals surface area contributed by atoms with Crippen LogP contribution in [-0.2, 0) is 21.7 Å². The number of para-hydroxylation sites is 2. The molecule has 0 N–H and O–H groups in total. The number of anilines is 6. The maximum atomic E-state index is 2.59. The monoisotopic (exact) mass is 963 g/mol. The first-order valence-corrected chi connectivity index (χ1v) is 26.6. The normalized spacial score (nSPS) is 13.1. The van der Waals surface area contributed by atoms with E-state index in [4.69, 9.17) is 0 Å². The van der Waals surface area contributed by atoms with Gasteiger partial charge in [0.25, 0.3) is 0 Å². The van der Waals surface area contributed by atoms with E-state index in [2.05, 4.69) is 284 Å². The van der Waals surface area contributed by atoms with E-state index in [9.17, 15) is 0 Å². The van der Waals surface area contributed by atoms with Gasteiger partial charge in [-0.05, 0) is 141 Å². The van der Waals surface area contributed by atoms with E-state index in [1.54, 1.807) is 0 Å². The summed E-state index contributed by atoms with van der Waals surface area (Å²) in [4.78, 5) is 4.98. The standard InChI is InChI=1S/C70H66N4/c1-67(2,3)43-21-19-27-49(37-43)71(47-23-15-13-16-24-47)59-35-31-51-53-41-62-54(42-61(53)73-57-33-29-45(69(7,8)9)39-55(57)63(59)65(51)73)52-32-36-60(64-56-40-46(70(10,11)12)30-34-58(56)74(62)66(52)64)72(48-25-17-14-18-26-48)50-28-20-22-44(38-50)68(4,5)6/h13-42H,1-12H3. The van der Waals surface area contributed by atoms with Crippen LogP contribution in [0.15, 0.2) is 182 Å². The summed E-state index contributed by atoms with van der Waals surface area (Å²) in [5, 5.41) is 10.1. The topological polar surface area (TPSA) is 15.3 Å². The van der Waals surface area contributed by atoms with Crippen molar-refractivity contribution < 1.29 is 0 Å². The fourth-order valence-corrected chi connectivity index (χ4v) is 12.1. The van der Waals surface area contributed by atoms with Gasteiger partial charge >= 0.3 is 0 Å². The molecule has 13 rings (SSSR count). The van der Waals surface area contributed by atoms with Gasteiger partial charge in [-0.1, -0.05) is 168 Å². The lowest BCUT2D eigenvalue weighted by Gasteiger charge is -2.28. The lowest BCUT2D eigenvalue weighted by molar-refractivity contribution is 0.590. The van der Waals surface area contributed by atoms with Crippen molar-refractivity contribution in [1.82, 2.24) is 8.80 Å². The zero-order chi connectivity index (χ0) is 51.4. The second kappa shape index (κ2) is 15.8. The van der Waals surface area contributed by atoms with Gasteiger partial charge in [0.15, 0.2) is 0 Å². The number of hydrogen-bond acceptors (Lipinski definition) is 2. The molecule has 0 saturated heterocycles. The largest absolute Gasteiger partial charge is 0.310 e. The van der Waals surface area contributed by atoms with E-state index in [0.29, 0.717) is 0 Å². The first kappa shape index (κ1) is 46.0. The lowest BCUT2D eigenvalue weighted by atomic mass is 9.86. The molecule has 0 atom stereocenters. The molecule has 0 aliphatic heterocycles. The van der Waals surface area contributed by atoms with Crippen molar-refractivity contribution in [2.24, 2.45) is 0 Å². The molecule has 4 heteroatoms. The highest BCUT2D eigenvalue weighted by Gasteiger charge is 2.30. The molecule has 4 heterocycles. The van der Waals surface area contributed by atoms with Crippen molar-refractivity contribution in [3.8, 4) is 0 Å². The molecule has 0 aliphatic carbocycles. The molecule has 0 unspecified atom stereocenters. The minimum Gasteiger partial charge on any atom is -0.310 e. The third-order valence-corrected chi connectivity index (χ3v) is 16.1. The highest BCUT2D eigenvalue weighted by molar-refractivity contribution is 6.32. The molecule has 4 aromatic heterocycles. The second-order valence-electron chi connectivity index (χ2n) is 25.2. The maximum Gasteiger partial charge on any atom is 0.0641 e. The summed E-state index contributed by atoms with van der Waals surface area (Å²) in [6, 6.07) is 69.3. The second-order valence-corrected chi connectivity index (χ2v) is 25.2. The summed E-state index contributed by atoms with van der Waals surface area (Å²) in [5.41, 5.74) is 19.6. The van der Waals surface area contributed by atoms with Crippen molar-refractivity contribution in [2.45, 2.75) is 105 Å². The minimum absolute atomic E-state index is 0.00878. The molecule has 0 radical (unpaired) electrons. The van der Waals surface area contributed by atoms with Crippen molar-refractivity contribution in [1.29, 1.82) is 0 Å². The van der Waals surface area contributed by atoms with Crippen LogP contribution in [0.5, 0.6) is 0 Å². The van der Waals surface area contributed by atoms with Gasteiger partial charge in [-0.2, -0.15) is 0 Å². The maximum absolute atomic E-state index is 2.59. The lowest BCUT2D eigenvalue weighted by Crippen LogP contribution is -2.14. The van der Waals surface area contributed by atoms with E-state index >= 15 is 0 Å². The fourth-order valence-electron chi connectivity index (χ4n) is 12.1. The Bertz CT molecular complexity index is 4050. The van der Waals surface area contributed by atoms with Crippen LogP contribution in [0.3, 0.4) is 0 Å². The Hall–Kier alpha value is -7.82. The first-order valence-electron chi connectivity index (χ1n) is 26.6.